The summed E-state index contributed by atoms with van der Waals surface area (Å²) in [5.41, 5.74) is 0.411. The number of benzene rings is 1. The fraction of sp³-hybridized carbons (Fsp3) is 0.625. The van der Waals surface area contributed by atoms with Gasteiger partial charge in [0.05, 0.1) is 6.04 Å². The van der Waals surface area contributed by atoms with Crippen LogP contribution < -0.4 is 0 Å². The predicted molar refractivity (Wildman–Crippen MR) is 74.3 cm³/mol. The summed E-state index contributed by atoms with van der Waals surface area (Å²) in [5.74, 6) is -3.58. The zero-order valence-electron chi connectivity index (χ0n) is 12.3. The Hall–Kier alpha value is -1.03. The molecule has 0 bridgehead atoms. The second kappa shape index (κ2) is 5.76. The molecular weight excluding hydrogens is 263 g/mol. The van der Waals surface area contributed by atoms with Gasteiger partial charge < -0.3 is 0 Å². The van der Waals surface area contributed by atoms with Gasteiger partial charge in [0.15, 0.2) is 0 Å². The van der Waals surface area contributed by atoms with Crippen LogP contribution in [-0.2, 0) is 12.5 Å². The van der Waals surface area contributed by atoms with Crippen molar-refractivity contribution < 1.29 is 13.2 Å². The standard InChI is InChI=1S/C16H22F3N/c1-4-5-6-15-16(18,19)14-9-13(17)8-7-12(14)10-20(15)11(2)3/h7-9,11,15H,4-6,10H2,1-3H3. The van der Waals surface area contributed by atoms with Gasteiger partial charge >= 0.3 is 0 Å². The summed E-state index contributed by atoms with van der Waals surface area (Å²) >= 11 is 0. The average molecular weight is 285 g/mol. The zero-order valence-corrected chi connectivity index (χ0v) is 12.3. The van der Waals surface area contributed by atoms with E-state index in [0.717, 1.165) is 18.9 Å². The minimum Gasteiger partial charge on any atom is -0.288 e. The van der Waals surface area contributed by atoms with Crippen LogP contribution in [0.15, 0.2) is 18.2 Å². The van der Waals surface area contributed by atoms with Crippen molar-refractivity contribution in [2.24, 2.45) is 0 Å². The molecular formula is C16H22F3N. The lowest BCUT2D eigenvalue weighted by Crippen LogP contribution is -2.52. The molecule has 1 aromatic carbocycles. The van der Waals surface area contributed by atoms with E-state index in [1.807, 2.05) is 25.7 Å². The Kier molecular flexibility index (Phi) is 4.43. The SMILES string of the molecule is CCCCC1N(C(C)C)Cc2ccc(F)cc2C1(F)F. The van der Waals surface area contributed by atoms with Gasteiger partial charge in [-0.25, -0.2) is 4.39 Å². The molecule has 1 aromatic rings. The highest BCUT2D eigenvalue weighted by atomic mass is 19.3. The lowest BCUT2D eigenvalue weighted by molar-refractivity contribution is -0.116. The van der Waals surface area contributed by atoms with E-state index in [4.69, 9.17) is 0 Å². The van der Waals surface area contributed by atoms with Crippen molar-refractivity contribution in [2.75, 3.05) is 0 Å². The molecule has 0 aliphatic carbocycles. The van der Waals surface area contributed by atoms with E-state index in [9.17, 15) is 13.2 Å². The number of nitrogens with zero attached hydrogens (tertiary/aromatic N) is 1. The van der Waals surface area contributed by atoms with Crippen LogP contribution in [0.3, 0.4) is 0 Å². The Morgan fingerprint density at radius 3 is 2.65 bits per heavy atom. The Balaban J connectivity index is 2.43. The molecule has 0 fully saturated rings. The van der Waals surface area contributed by atoms with Crippen molar-refractivity contribution >= 4 is 0 Å². The Bertz CT molecular complexity index is 471. The van der Waals surface area contributed by atoms with E-state index in [1.54, 1.807) is 0 Å². The number of hydrogen-bond acceptors (Lipinski definition) is 1. The van der Waals surface area contributed by atoms with Crippen molar-refractivity contribution in [2.45, 2.75) is 64.6 Å². The molecule has 0 saturated heterocycles. The highest BCUT2D eigenvalue weighted by molar-refractivity contribution is 5.35. The van der Waals surface area contributed by atoms with Gasteiger partial charge in [-0.15, -0.1) is 0 Å². The molecule has 4 heteroatoms. The van der Waals surface area contributed by atoms with E-state index in [-0.39, 0.29) is 11.6 Å². The third kappa shape index (κ3) is 2.71. The Morgan fingerprint density at radius 1 is 1.35 bits per heavy atom. The van der Waals surface area contributed by atoms with E-state index in [2.05, 4.69) is 0 Å². The molecule has 1 atom stereocenters. The minimum absolute atomic E-state index is 0.0425. The van der Waals surface area contributed by atoms with Crippen molar-refractivity contribution in [3.8, 4) is 0 Å². The third-order valence-corrected chi connectivity index (χ3v) is 4.10. The summed E-state index contributed by atoms with van der Waals surface area (Å²) in [4.78, 5) is 1.84. The number of halogens is 3. The number of alkyl halides is 2. The molecule has 0 aromatic heterocycles. The van der Waals surface area contributed by atoms with Gasteiger partial charge in [-0.3, -0.25) is 4.90 Å². The van der Waals surface area contributed by atoms with Crippen LogP contribution in [0, 0.1) is 5.82 Å². The van der Waals surface area contributed by atoms with Gasteiger partial charge in [-0.05, 0) is 38.0 Å². The molecule has 0 amide bonds. The van der Waals surface area contributed by atoms with Gasteiger partial charge in [-0.2, -0.15) is 8.78 Å². The van der Waals surface area contributed by atoms with Crippen molar-refractivity contribution in [1.29, 1.82) is 0 Å². The maximum atomic E-state index is 14.8. The molecule has 0 N–H and O–H groups in total. The summed E-state index contributed by atoms with van der Waals surface area (Å²) < 4.78 is 42.9. The first kappa shape index (κ1) is 15.4. The molecule has 20 heavy (non-hydrogen) atoms. The molecule has 1 aliphatic rings. The molecule has 1 heterocycles. The molecule has 0 saturated carbocycles. The molecule has 1 aliphatic heterocycles. The number of unbranched alkanes of at least 4 members (excludes halogenated alkanes) is 1. The maximum absolute atomic E-state index is 14.8. The normalized spacial score (nSPS) is 22.1. The highest BCUT2D eigenvalue weighted by Crippen LogP contribution is 2.44. The number of hydrogen-bond donors (Lipinski definition) is 0. The highest BCUT2D eigenvalue weighted by Gasteiger charge is 2.49. The fourth-order valence-corrected chi connectivity index (χ4v) is 2.98. The van der Waals surface area contributed by atoms with Gasteiger partial charge in [-0.1, -0.05) is 25.8 Å². The monoisotopic (exact) mass is 285 g/mol. The van der Waals surface area contributed by atoms with Gasteiger partial charge in [0, 0.05) is 18.2 Å². The molecule has 2 rings (SSSR count). The van der Waals surface area contributed by atoms with Crippen LogP contribution in [0.25, 0.3) is 0 Å². The second-order valence-corrected chi connectivity index (χ2v) is 5.85. The topological polar surface area (TPSA) is 3.24 Å². The second-order valence-electron chi connectivity index (χ2n) is 5.85. The van der Waals surface area contributed by atoms with Crippen LogP contribution >= 0.6 is 0 Å². The van der Waals surface area contributed by atoms with Gasteiger partial charge in [0.1, 0.15) is 5.82 Å². The number of rotatable bonds is 4. The predicted octanol–water partition coefficient (Wildman–Crippen LogP) is 4.70. The van der Waals surface area contributed by atoms with Crippen LogP contribution in [0.4, 0.5) is 13.2 Å². The largest absolute Gasteiger partial charge is 0.288 e. The van der Waals surface area contributed by atoms with E-state index < -0.39 is 17.8 Å². The molecule has 112 valence electrons. The van der Waals surface area contributed by atoms with E-state index >= 15 is 0 Å². The Morgan fingerprint density at radius 2 is 2.05 bits per heavy atom. The maximum Gasteiger partial charge on any atom is 0.288 e. The Labute approximate surface area is 118 Å². The first-order valence-corrected chi connectivity index (χ1v) is 7.30. The third-order valence-electron chi connectivity index (χ3n) is 4.10. The summed E-state index contributed by atoms with van der Waals surface area (Å²) in [6.45, 7) is 6.33. The number of fused-ring (bicyclic) bond motifs is 1. The van der Waals surface area contributed by atoms with Crippen molar-refractivity contribution in [3.63, 3.8) is 0 Å². The van der Waals surface area contributed by atoms with Crippen LogP contribution in [0.1, 0.15) is 51.2 Å². The quantitative estimate of drug-likeness (QED) is 0.775. The van der Waals surface area contributed by atoms with Crippen LogP contribution in [0.5, 0.6) is 0 Å². The average Bonchev–Trinajstić information content (AvgIpc) is 2.38. The zero-order chi connectivity index (χ0) is 14.9. The van der Waals surface area contributed by atoms with E-state index in [1.165, 1.54) is 12.1 Å². The summed E-state index contributed by atoms with van der Waals surface area (Å²) in [7, 11) is 0. The van der Waals surface area contributed by atoms with E-state index in [0.29, 0.717) is 18.5 Å². The molecule has 0 spiro atoms. The van der Waals surface area contributed by atoms with Crippen LogP contribution in [-0.4, -0.2) is 17.0 Å². The lowest BCUT2D eigenvalue weighted by atomic mass is 9.86. The first-order valence-electron chi connectivity index (χ1n) is 7.30. The summed E-state index contributed by atoms with van der Waals surface area (Å²) in [6.07, 6.45) is 2.08. The summed E-state index contributed by atoms with van der Waals surface area (Å²) in [5, 5.41) is 0. The smallest absolute Gasteiger partial charge is 0.288 e. The van der Waals surface area contributed by atoms with Crippen molar-refractivity contribution in [3.05, 3.63) is 35.1 Å². The molecule has 0 radical (unpaired) electrons. The lowest BCUT2D eigenvalue weighted by Gasteiger charge is -2.44. The van der Waals surface area contributed by atoms with Crippen LogP contribution in [0.2, 0.25) is 0 Å². The van der Waals surface area contributed by atoms with Crippen molar-refractivity contribution in [1.82, 2.24) is 4.90 Å². The van der Waals surface area contributed by atoms with Gasteiger partial charge in [0.25, 0.3) is 5.92 Å². The first-order chi connectivity index (χ1) is 9.37. The fourth-order valence-electron chi connectivity index (χ4n) is 2.98. The molecule has 1 unspecified atom stereocenters. The minimum atomic E-state index is -2.99. The molecule has 1 nitrogen and oxygen atoms in total. The van der Waals surface area contributed by atoms with Gasteiger partial charge in [0.2, 0.25) is 0 Å². The summed E-state index contributed by atoms with van der Waals surface area (Å²) in [6, 6.07) is 2.97.